The Morgan fingerprint density at radius 2 is 2.18 bits per heavy atom. The molecule has 0 aliphatic carbocycles. The molecule has 0 saturated heterocycles. The molecule has 0 aliphatic rings. The highest BCUT2D eigenvalue weighted by Gasteiger charge is 2.10. The first-order valence-electron chi connectivity index (χ1n) is 5.17. The van der Waals surface area contributed by atoms with E-state index in [-0.39, 0.29) is 5.91 Å². The third kappa shape index (κ3) is 3.75. The van der Waals surface area contributed by atoms with Crippen molar-refractivity contribution in [1.29, 1.82) is 0 Å². The molecule has 1 rings (SSSR count). The van der Waals surface area contributed by atoms with Gasteiger partial charge in [0.05, 0.1) is 5.69 Å². The van der Waals surface area contributed by atoms with Gasteiger partial charge >= 0.3 is 0 Å². The van der Waals surface area contributed by atoms with Gasteiger partial charge in [0, 0.05) is 12.5 Å². The molecule has 0 saturated carbocycles. The van der Waals surface area contributed by atoms with Gasteiger partial charge in [0.25, 0.3) is 0 Å². The first kappa shape index (κ1) is 13.0. The van der Waals surface area contributed by atoms with Gasteiger partial charge in [-0.25, -0.2) is 0 Å². The molecular weight excluding hydrogens is 218 g/mol. The molecule has 0 bridgehead atoms. The summed E-state index contributed by atoms with van der Waals surface area (Å²) in [5.74, 6) is 0.215. The fourth-order valence-corrected chi connectivity index (χ4v) is 1.28. The summed E-state index contributed by atoms with van der Waals surface area (Å²) in [6.45, 7) is 7.28. The Hall–Kier alpha value is -2.10. The highest BCUT2D eigenvalue weighted by atomic mass is 16.5. The van der Waals surface area contributed by atoms with Gasteiger partial charge in [-0.3, -0.25) is 9.59 Å². The van der Waals surface area contributed by atoms with Crippen LogP contribution < -0.4 is 10.1 Å². The molecule has 0 heterocycles. The van der Waals surface area contributed by atoms with Gasteiger partial charge in [-0.05, 0) is 24.6 Å². The Bertz CT molecular complexity index is 452. The van der Waals surface area contributed by atoms with Gasteiger partial charge < -0.3 is 10.1 Å². The van der Waals surface area contributed by atoms with Crippen molar-refractivity contribution in [2.24, 2.45) is 0 Å². The monoisotopic (exact) mass is 233 g/mol. The molecule has 1 N–H and O–H groups in total. The second kappa shape index (κ2) is 5.84. The molecule has 0 atom stereocenters. The Labute approximate surface area is 100 Å². The predicted octanol–water partition coefficient (Wildman–Crippen LogP) is 2.41. The summed E-state index contributed by atoms with van der Waals surface area (Å²) in [6.07, 6.45) is 0.679. The Morgan fingerprint density at radius 3 is 2.71 bits per heavy atom. The van der Waals surface area contributed by atoms with E-state index in [0.717, 1.165) is 5.57 Å². The van der Waals surface area contributed by atoms with Crippen molar-refractivity contribution >= 4 is 17.9 Å². The zero-order chi connectivity index (χ0) is 12.8. The molecule has 1 amide bonds. The Kier molecular flexibility index (Phi) is 4.46. The van der Waals surface area contributed by atoms with Crippen LogP contribution in [0.15, 0.2) is 30.4 Å². The highest BCUT2D eigenvalue weighted by Crippen LogP contribution is 2.27. The van der Waals surface area contributed by atoms with Gasteiger partial charge in [0.2, 0.25) is 5.91 Å². The van der Waals surface area contributed by atoms with Gasteiger partial charge in [0.1, 0.15) is 12.4 Å². The lowest BCUT2D eigenvalue weighted by atomic mass is 10.1. The van der Waals surface area contributed by atoms with Crippen LogP contribution in [0.5, 0.6) is 5.75 Å². The number of benzene rings is 1. The lowest BCUT2D eigenvalue weighted by molar-refractivity contribution is -0.114. The van der Waals surface area contributed by atoms with Crippen LogP contribution in [-0.2, 0) is 4.79 Å². The molecule has 0 radical (unpaired) electrons. The minimum atomic E-state index is -0.250. The number of carbonyl (C=O) groups excluding carboxylic acids is 2. The van der Waals surface area contributed by atoms with Gasteiger partial charge in [-0.1, -0.05) is 12.6 Å². The third-order valence-electron chi connectivity index (χ3n) is 1.96. The number of carbonyl (C=O) groups is 2. The fraction of sp³-hybridized carbons (Fsp3) is 0.231. The molecule has 0 aromatic heterocycles. The van der Waals surface area contributed by atoms with Crippen LogP contribution in [-0.4, -0.2) is 18.8 Å². The summed E-state index contributed by atoms with van der Waals surface area (Å²) < 4.78 is 5.47. The fourth-order valence-electron chi connectivity index (χ4n) is 1.28. The normalized spacial score (nSPS) is 9.53. The predicted molar refractivity (Wildman–Crippen MR) is 66.4 cm³/mol. The maximum atomic E-state index is 11.1. The minimum Gasteiger partial charge on any atom is -0.487 e. The average molecular weight is 233 g/mol. The van der Waals surface area contributed by atoms with Crippen molar-refractivity contribution < 1.29 is 14.3 Å². The number of para-hydroxylation sites is 1. The number of hydrogen-bond acceptors (Lipinski definition) is 3. The Morgan fingerprint density at radius 1 is 1.47 bits per heavy atom. The Balaban J connectivity index is 3.05. The second-order valence-electron chi connectivity index (χ2n) is 3.77. The summed E-state index contributed by atoms with van der Waals surface area (Å²) in [7, 11) is 0. The number of aldehydes is 1. The van der Waals surface area contributed by atoms with E-state index in [2.05, 4.69) is 11.9 Å². The second-order valence-corrected chi connectivity index (χ2v) is 3.77. The van der Waals surface area contributed by atoms with Crippen molar-refractivity contribution in [3.8, 4) is 5.75 Å². The molecular formula is C13H15NO3. The van der Waals surface area contributed by atoms with Crippen LogP contribution in [0, 0.1) is 0 Å². The van der Waals surface area contributed by atoms with Crippen molar-refractivity contribution in [2.45, 2.75) is 13.8 Å². The molecule has 17 heavy (non-hydrogen) atoms. The van der Waals surface area contributed by atoms with Crippen LogP contribution in [0.2, 0.25) is 0 Å². The summed E-state index contributed by atoms with van der Waals surface area (Å²) in [5.41, 5.74) is 1.64. The lowest BCUT2D eigenvalue weighted by Crippen LogP contribution is -2.10. The van der Waals surface area contributed by atoms with Crippen molar-refractivity contribution in [3.63, 3.8) is 0 Å². The number of ether oxygens (including phenoxy) is 1. The smallest absolute Gasteiger partial charge is 0.221 e. The van der Waals surface area contributed by atoms with Crippen molar-refractivity contribution in [1.82, 2.24) is 0 Å². The van der Waals surface area contributed by atoms with E-state index in [1.165, 1.54) is 6.92 Å². The third-order valence-corrected chi connectivity index (χ3v) is 1.96. The summed E-state index contributed by atoms with van der Waals surface area (Å²) in [4.78, 5) is 21.9. The first-order chi connectivity index (χ1) is 8.04. The van der Waals surface area contributed by atoms with Crippen LogP contribution in [0.3, 0.4) is 0 Å². The van der Waals surface area contributed by atoms with E-state index in [0.29, 0.717) is 29.9 Å². The van der Waals surface area contributed by atoms with E-state index in [1.807, 2.05) is 6.92 Å². The standard InChI is InChI=1S/C13H15NO3/c1-9(2)8-17-12-6-4-5-11(7-15)13(12)14-10(3)16/h4-7H,1,8H2,2-3H3,(H,14,16). The SMILES string of the molecule is C=C(C)COc1cccc(C=O)c1NC(C)=O. The highest BCUT2D eigenvalue weighted by molar-refractivity contribution is 5.97. The zero-order valence-electron chi connectivity index (χ0n) is 9.95. The topological polar surface area (TPSA) is 55.4 Å². The van der Waals surface area contributed by atoms with Gasteiger partial charge in [-0.15, -0.1) is 0 Å². The number of rotatable bonds is 5. The van der Waals surface area contributed by atoms with Crippen LogP contribution in [0.1, 0.15) is 24.2 Å². The van der Waals surface area contributed by atoms with Crippen molar-refractivity contribution in [2.75, 3.05) is 11.9 Å². The maximum Gasteiger partial charge on any atom is 0.221 e. The quantitative estimate of drug-likeness (QED) is 0.627. The molecule has 1 aromatic carbocycles. The van der Waals surface area contributed by atoms with Crippen LogP contribution >= 0.6 is 0 Å². The van der Waals surface area contributed by atoms with Gasteiger partial charge in [0.15, 0.2) is 6.29 Å². The van der Waals surface area contributed by atoms with Gasteiger partial charge in [-0.2, -0.15) is 0 Å². The van der Waals surface area contributed by atoms with E-state index >= 15 is 0 Å². The first-order valence-corrected chi connectivity index (χ1v) is 5.17. The number of amides is 1. The lowest BCUT2D eigenvalue weighted by Gasteiger charge is -2.13. The molecule has 4 nitrogen and oxygen atoms in total. The summed E-state index contributed by atoms with van der Waals surface area (Å²) in [6, 6.07) is 5.01. The van der Waals surface area contributed by atoms with E-state index in [1.54, 1.807) is 18.2 Å². The average Bonchev–Trinajstić information content (AvgIpc) is 2.26. The number of hydrogen-bond donors (Lipinski definition) is 1. The number of anilines is 1. The largest absolute Gasteiger partial charge is 0.487 e. The molecule has 0 fully saturated rings. The summed E-state index contributed by atoms with van der Waals surface area (Å²) in [5, 5.41) is 2.59. The molecule has 4 heteroatoms. The van der Waals surface area contributed by atoms with Crippen LogP contribution in [0.4, 0.5) is 5.69 Å². The van der Waals surface area contributed by atoms with Crippen molar-refractivity contribution in [3.05, 3.63) is 35.9 Å². The van der Waals surface area contributed by atoms with Crippen LogP contribution in [0.25, 0.3) is 0 Å². The number of nitrogens with one attached hydrogen (secondary N) is 1. The molecule has 0 unspecified atom stereocenters. The van der Waals surface area contributed by atoms with E-state index in [4.69, 9.17) is 4.74 Å². The molecule has 0 spiro atoms. The summed E-state index contributed by atoms with van der Waals surface area (Å²) >= 11 is 0. The van der Waals surface area contributed by atoms with E-state index in [9.17, 15) is 9.59 Å². The zero-order valence-corrected chi connectivity index (χ0v) is 9.95. The minimum absolute atomic E-state index is 0.250. The molecule has 1 aromatic rings. The molecule has 90 valence electrons. The maximum absolute atomic E-state index is 11.1. The molecule has 0 aliphatic heterocycles. The van der Waals surface area contributed by atoms with E-state index < -0.39 is 0 Å².